The molecule has 6 aromatic rings. The molecule has 0 bridgehead atoms. The molecule has 0 spiro atoms. The number of pyridine rings is 1. The highest BCUT2D eigenvalue weighted by atomic mass is 16.3. The number of anilines is 1. The number of aromatic hydroxyl groups is 1. The SMILES string of the molecule is CC(c1oc2ccccc2c(=O)c1-c1ccccc1)n1nc(-c2cccc(O)c2)c2c(N)cncc21. The third-order valence-electron chi connectivity index (χ3n) is 6.40. The van der Waals surface area contributed by atoms with Crippen LogP contribution in [0.2, 0.25) is 0 Å². The van der Waals surface area contributed by atoms with Crippen LogP contribution in [-0.2, 0) is 0 Å². The van der Waals surface area contributed by atoms with Crippen molar-refractivity contribution in [3.63, 3.8) is 0 Å². The molecule has 3 aromatic carbocycles. The molecule has 7 nitrogen and oxygen atoms in total. The number of nitrogens with zero attached hydrogens (tertiary/aromatic N) is 3. The third kappa shape index (κ3) is 3.41. The first-order chi connectivity index (χ1) is 17.5. The Hall–Kier alpha value is -4.91. The van der Waals surface area contributed by atoms with Gasteiger partial charge in [0.15, 0.2) is 0 Å². The summed E-state index contributed by atoms with van der Waals surface area (Å²) in [4.78, 5) is 18.0. The number of fused-ring (bicyclic) bond motifs is 2. The number of nitrogens with two attached hydrogens (primary N) is 1. The van der Waals surface area contributed by atoms with Crippen LogP contribution in [0.4, 0.5) is 5.69 Å². The van der Waals surface area contributed by atoms with Gasteiger partial charge in [0.25, 0.3) is 0 Å². The van der Waals surface area contributed by atoms with Gasteiger partial charge in [-0.1, -0.05) is 54.6 Å². The lowest BCUT2D eigenvalue weighted by atomic mass is 9.99. The minimum atomic E-state index is -0.477. The molecule has 0 saturated carbocycles. The van der Waals surface area contributed by atoms with Gasteiger partial charge in [-0.25, -0.2) is 0 Å². The molecular weight excluding hydrogens is 452 g/mol. The molecule has 0 aliphatic rings. The van der Waals surface area contributed by atoms with Crippen molar-refractivity contribution in [3.05, 3.63) is 107 Å². The molecule has 0 amide bonds. The Kier molecular flexibility index (Phi) is 5.04. The molecular formula is C29H22N4O3. The minimum Gasteiger partial charge on any atom is -0.508 e. The van der Waals surface area contributed by atoms with E-state index in [-0.39, 0.29) is 11.2 Å². The number of phenols is 1. The lowest BCUT2D eigenvalue weighted by molar-refractivity contribution is 0.447. The molecule has 0 fully saturated rings. The topological polar surface area (TPSA) is 107 Å². The molecule has 1 unspecified atom stereocenters. The van der Waals surface area contributed by atoms with Crippen LogP contribution in [0.25, 0.3) is 44.3 Å². The van der Waals surface area contributed by atoms with Gasteiger partial charge in [0.1, 0.15) is 28.8 Å². The molecule has 6 rings (SSSR count). The maximum atomic E-state index is 13.7. The molecule has 7 heteroatoms. The van der Waals surface area contributed by atoms with Crippen molar-refractivity contribution in [1.82, 2.24) is 14.8 Å². The van der Waals surface area contributed by atoms with Gasteiger partial charge in [-0.05, 0) is 36.8 Å². The first kappa shape index (κ1) is 21.6. The average molecular weight is 475 g/mol. The molecule has 1 atom stereocenters. The highest BCUT2D eigenvalue weighted by Gasteiger charge is 2.26. The van der Waals surface area contributed by atoms with Gasteiger partial charge in [0.2, 0.25) is 5.43 Å². The van der Waals surface area contributed by atoms with E-state index in [1.807, 2.05) is 55.5 Å². The van der Waals surface area contributed by atoms with Crippen LogP contribution >= 0.6 is 0 Å². The zero-order valence-electron chi connectivity index (χ0n) is 19.4. The van der Waals surface area contributed by atoms with Gasteiger partial charge >= 0.3 is 0 Å². The Morgan fingerprint density at radius 1 is 0.944 bits per heavy atom. The molecule has 36 heavy (non-hydrogen) atoms. The average Bonchev–Trinajstić information content (AvgIpc) is 3.30. The lowest BCUT2D eigenvalue weighted by Gasteiger charge is -2.17. The van der Waals surface area contributed by atoms with Crippen molar-refractivity contribution >= 4 is 27.6 Å². The summed E-state index contributed by atoms with van der Waals surface area (Å²) in [6.45, 7) is 1.93. The fraction of sp³-hybridized carbons (Fsp3) is 0.0690. The van der Waals surface area contributed by atoms with Gasteiger partial charge in [0, 0.05) is 5.56 Å². The van der Waals surface area contributed by atoms with E-state index in [4.69, 9.17) is 15.2 Å². The summed E-state index contributed by atoms with van der Waals surface area (Å²) in [5.74, 6) is 0.613. The Morgan fingerprint density at radius 2 is 1.69 bits per heavy atom. The van der Waals surface area contributed by atoms with Crippen molar-refractivity contribution in [2.45, 2.75) is 13.0 Å². The summed E-state index contributed by atoms with van der Waals surface area (Å²) in [6.07, 6.45) is 3.28. The summed E-state index contributed by atoms with van der Waals surface area (Å²) < 4.78 is 8.18. The second-order valence-corrected chi connectivity index (χ2v) is 8.67. The largest absolute Gasteiger partial charge is 0.508 e. The van der Waals surface area contributed by atoms with E-state index < -0.39 is 6.04 Å². The molecule has 176 valence electrons. The predicted molar refractivity (Wildman–Crippen MR) is 141 cm³/mol. The summed E-state index contributed by atoms with van der Waals surface area (Å²) in [7, 11) is 0. The molecule has 3 N–H and O–H groups in total. The van der Waals surface area contributed by atoms with Crippen molar-refractivity contribution in [2.75, 3.05) is 5.73 Å². The van der Waals surface area contributed by atoms with Crippen molar-refractivity contribution in [2.24, 2.45) is 0 Å². The summed E-state index contributed by atoms with van der Waals surface area (Å²) in [6, 6.07) is 23.1. The summed E-state index contributed by atoms with van der Waals surface area (Å²) in [5, 5.41) is 16.2. The molecule has 0 radical (unpaired) electrons. The zero-order valence-corrected chi connectivity index (χ0v) is 19.4. The first-order valence-corrected chi connectivity index (χ1v) is 11.5. The normalized spacial score (nSPS) is 12.2. The Bertz CT molecular complexity index is 1810. The van der Waals surface area contributed by atoms with E-state index in [1.165, 1.54) is 0 Å². The standard InChI is InChI=1S/C29H22N4O3/c1-17(29-25(18-8-3-2-4-9-18)28(35)21-12-5-6-13-24(21)36-29)33-23-16-31-15-22(30)26(23)27(32-33)19-10-7-11-20(34)14-19/h2-17,34H,30H2,1H3. The van der Waals surface area contributed by atoms with E-state index in [1.54, 1.807) is 47.4 Å². The van der Waals surface area contributed by atoms with Crippen LogP contribution in [0.15, 0.2) is 100 Å². The van der Waals surface area contributed by atoms with E-state index in [2.05, 4.69) is 4.98 Å². The second kappa shape index (κ2) is 8.39. The number of benzene rings is 3. The molecule has 0 saturated heterocycles. The molecule has 3 heterocycles. The predicted octanol–water partition coefficient (Wildman–Crippen LogP) is 5.77. The number of aromatic nitrogens is 3. The molecule has 3 aromatic heterocycles. The van der Waals surface area contributed by atoms with Gasteiger partial charge < -0.3 is 15.3 Å². The number of para-hydroxylation sites is 1. The Balaban J connectivity index is 1.65. The van der Waals surface area contributed by atoms with Crippen molar-refractivity contribution in [1.29, 1.82) is 0 Å². The van der Waals surface area contributed by atoms with Crippen LogP contribution in [0, 0.1) is 0 Å². The van der Waals surface area contributed by atoms with Crippen molar-refractivity contribution in [3.8, 4) is 28.1 Å². The smallest absolute Gasteiger partial charge is 0.200 e. The van der Waals surface area contributed by atoms with Crippen LogP contribution in [0.1, 0.15) is 18.7 Å². The van der Waals surface area contributed by atoms with E-state index in [0.717, 1.165) is 5.56 Å². The Morgan fingerprint density at radius 3 is 2.50 bits per heavy atom. The number of hydrogen-bond acceptors (Lipinski definition) is 6. The minimum absolute atomic E-state index is 0.104. The molecule has 0 aliphatic heterocycles. The number of nitrogen functional groups attached to an aromatic ring is 1. The monoisotopic (exact) mass is 474 g/mol. The maximum Gasteiger partial charge on any atom is 0.200 e. The number of phenolic OH excluding ortho intramolecular Hbond substituents is 1. The summed E-state index contributed by atoms with van der Waals surface area (Å²) in [5.41, 5.74) is 10.5. The van der Waals surface area contributed by atoms with Gasteiger partial charge in [-0.2, -0.15) is 5.10 Å². The highest BCUT2D eigenvalue weighted by Crippen LogP contribution is 2.37. The fourth-order valence-electron chi connectivity index (χ4n) is 4.70. The van der Waals surface area contributed by atoms with E-state index >= 15 is 0 Å². The Labute approximate surface area is 206 Å². The van der Waals surface area contributed by atoms with Gasteiger partial charge in [0.05, 0.1) is 39.9 Å². The quantitative estimate of drug-likeness (QED) is 0.336. The maximum absolute atomic E-state index is 13.7. The number of hydrogen-bond donors (Lipinski definition) is 2. The van der Waals surface area contributed by atoms with Gasteiger partial charge in [-0.15, -0.1) is 0 Å². The lowest BCUT2D eigenvalue weighted by Crippen LogP contribution is -2.16. The van der Waals surface area contributed by atoms with Gasteiger partial charge in [-0.3, -0.25) is 14.5 Å². The van der Waals surface area contributed by atoms with E-state index in [0.29, 0.717) is 50.1 Å². The van der Waals surface area contributed by atoms with E-state index in [9.17, 15) is 9.90 Å². The fourth-order valence-corrected chi connectivity index (χ4v) is 4.70. The van der Waals surface area contributed by atoms with Crippen LogP contribution in [-0.4, -0.2) is 19.9 Å². The second-order valence-electron chi connectivity index (χ2n) is 8.67. The van der Waals surface area contributed by atoms with Crippen LogP contribution in [0.5, 0.6) is 5.75 Å². The van der Waals surface area contributed by atoms with Crippen LogP contribution in [0.3, 0.4) is 0 Å². The molecule has 0 aliphatic carbocycles. The third-order valence-corrected chi connectivity index (χ3v) is 6.40. The highest BCUT2D eigenvalue weighted by molar-refractivity contribution is 6.01. The van der Waals surface area contributed by atoms with Crippen LogP contribution < -0.4 is 11.2 Å². The zero-order chi connectivity index (χ0) is 24.8. The summed E-state index contributed by atoms with van der Waals surface area (Å²) >= 11 is 0. The number of rotatable bonds is 4. The first-order valence-electron chi connectivity index (χ1n) is 11.5. The van der Waals surface area contributed by atoms with Crippen molar-refractivity contribution < 1.29 is 9.52 Å².